The van der Waals surface area contributed by atoms with Gasteiger partial charge >= 0.3 is 5.97 Å². The molecule has 2 saturated heterocycles. The van der Waals surface area contributed by atoms with E-state index in [4.69, 9.17) is 26.1 Å². The maximum atomic E-state index is 11.6. The Hall–Kier alpha value is -4.82. The van der Waals surface area contributed by atoms with Crippen LogP contribution in [-0.4, -0.2) is 72.9 Å². The van der Waals surface area contributed by atoms with E-state index < -0.39 is 12.0 Å². The summed E-state index contributed by atoms with van der Waals surface area (Å²) in [5.41, 5.74) is 4.31. The van der Waals surface area contributed by atoms with E-state index in [2.05, 4.69) is 21.5 Å². The van der Waals surface area contributed by atoms with Crippen LogP contribution in [0.25, 0.3) is 22.6 Å². The van der Waals surface area contributed by atoms with Gasteiger partial charge in [-0.05, 0) is 49.6 Å². The molecule has 1 unspecified atom stereocenters. The van der Waals surface area contributed by atoms with Crippen LogP contribution in [0.1, 0.15) is 30.5 Å². The van der Waals surface area contributed by atoms with E-state index in [-0.39, 0.29) is 6.04 Å². The lowest BCUT2D eigenvalue weighted by molar-refractivity contribution is -0.138. The molecule has 0 saturated carbocycles. The molecule has 0 bridgehead atoms. The van der Waals surface area contributed by atoms with Gasteiger partial charge in [-0.1, -0.05) is 29.3 Å². The van der Waals surface area contributed by atoms with Gasteiger partial charge in [-0.25, -0.2) is 24.4 Å². The molecule has 2 N–H and O–H groups in total. The molecule has 2 aliphatic rings. The summed E-state index contributed by atoms with van der Waals surface area (Å²) in [7, 11) is 0. The number of aromatic nitrogens is 6. The Bertz CT molecular complexity index is 1570. The SMILES string of the molecule is C#Cc1cccc(-c2cc(-c3cn(Cc4cccc(N5CCC[C@@H]5C(=O)O)n4)nn3)nc(NC3CCOC3)n2)c1. The quantitative estimate of drug-likeness (QED) is 0.324. The van der Waals surface area contributed by atoms with Gasteiger partial charge < -0.3 is 20.1 Å². The van der Waals surface area contributed by atoms with Crippen molar-refractivity contribution in [3.63, 3.8) is 0 Å². The third kappa shape index (κ3) is 5.48. The maximum absolute atomic E-state index is 11.6. The number of terminal acetylenes is 1. The smallest absolute Gasteiger partial charge is 0.326 e. The average molecular weight is 537 g/mol. The summed E-state index contributed by atoms with van der Waals surface area (Å²) < 4.78 is 7.20. The third-order valence-corrected chi connectivity index (χ3v) is 7.06. The van der Waals surface area contributed by atoms with Gasteiger partial charge in [0.05, 0.1) is 42.5 Å². The van der Waals surface area contributed by atoms with Gasteiger partial charge in [0.25, 0.3) is 0 Å². The van der Waals surface area contributed by atoms with Crippen molar-refractivity contribution in [3.8, 4) is 35.0 Å². The van der Waals surface area contributed by atoms with Crippen molar-refractivity contribution in [1.29, 1.82) is 0 Å². The third-order valence-electron chi connectivity index (χ3n) is 7.06. The first-order chi connectivity index (χ1) is 19.6. The highest BCUT2D eigenvalue weighted by molar-refractivity contribution is 5.78. The lowest BCUT2D eigenvalue weighted by atomic mass is 10.1. The number of nitrogens with one attached hydrogen (secondary N) is 1. The van der Waals surface area contributed by atoms with Gasteiger partial charge in [-0.2, -0.15) is 0 Å². The monoisotopic (exact) mass is 536 g/mol. The highest BCUT2D eigenvalue weighted by Crippen LogP contribution is 2.27. The number of nitrogens with zero attached hydrogens (tertiary/aromatic N) is 7. The Kier molecular flexibility index (Phi) is 7.08. The molecule has 5 heterocycles. The lowest BCUT2D eigenvalue weighted by Gasteiger charge is -2.22. The fraction of sp³-hybridized carbons (Fsp3) is 0.310. The van der Waals surface area contributed by atoms with Crippen LogP contribution >= 0.6 is 0 Å². The first kappa shape index (κ1) is 25.5. The molecule has 2 aliphatic heterocycles. The topological polar surface area (TPSA) is 131 Å². The molecule has 4 aromatic rings. The zero-order valence-corrected chi connectivity index (χ0v) is 21.8. The molecule has 40 heavy (non-hydrogen) atoms. The van der Waals surface area contributed by atoms with Gasteiger partial charge in [0.1, 0.15) is 17.6 Å². The summed E-state index contributed by atoms with van der Waals surface area (Å²) in [6.07, 6.45) is 9.76. The molecule has 2 fully saturated rings. The van der Waals surface area contributed by atoms with E-state index in [1.54, 1.807) is 4.68 Å². The molecule has 202 valence electrons. The van der Waals surface area contributed by atoms with Crippen LogP contribution in [-0.2, 0) is 16.1 Å². The van der Waals surface area contributed by atoms with Gasteiger partial charge in [0.15, 0.2) is 0 Å². The second-order valence-corrected chi connectivity index (χ2v) is 9.87. The molecule has 0 radical (unpaired) electrons. The van der Waals surface area contributed by atoms with E-state index in [0.717, 1.165) is 29.7 Å². The Morgan fingerprint density at radius 1 is 1.10 bits per heavy atom. The summed E-state index contributed by atoms with van der Waals surface area (Å²) in [5, 5.41) is 21.6. The van der Waals surface area contributed by atoms with E-state index in [9.17, 15) is 9.90 Å². The van der Waals surface area contributed by atoms with E-state index in [1.807, 2.05) is 59.6 Å². The molecule has 2 atom stereocenters. The highest BCUT2D eigenvalue weighted by Gasteiger charge is 2.31. The van der Waals surface area contributed by atoms with Crippen LogP contribution < -0.4 is 10.2 Å². The minimum Gasteiger partial charge on any atom is -0.480 e. The van der Waals surface area contributed by atoms with E-state index >= 15 is 0 Å². The average Bonchev–Trinajstić information content (AvgIpc) is 3.76. The van der Waals surface area contributed by atoms with Crippen LogP contribution in [0.2, 0.25) is 0 Å². The molecular weight excluding hydrogens is 508 g/mol. The van der Waals surface area contributed by atoms with E-state index in [0.29, 0.717) is 61.6 Å². The molecule has 11 nitrogen and oxygen atoms in total. The van der Waals surface area contributed by atoms with Crippen LogP contribution in [0.15, 0.2) is 54.7 Å². The minimum absolute atomic E-state index is 0.130. The van der Waals surface area contributed by atoms with Crippen molar-refractivity contribution >= 4 is 17.7 Å². The molecule has 0 spiro atoms. The zero-order valence-electron chi connectivity index (χ0n) is 21.8. The molecule has 1 aromatic carbocycles. The first-order valence-corrected chi connectivity index (χ1v) is 13.2. The standard InChI is InChI=1S/C29H28N8O3/c1-2-19-6-3-7-20(14-19)23-15-24(33-29(32-23)31-22-11-13-40-18-22)25-17-36(35-34-25)16-21-8-4-10-27(30-21)37-12-5-9-26(37)28(38)39/h1,3-4,6-8,10,14-15,17,22,26H,5,9,11-13,16,18H2,(H,38,39)(H,31,32,33)/t22?,26-/m1/s1. The predicted molar refractivity (Wildman–Crippen MR) is 149 cm³/mol. The predicted octanol–water partition coefficient (Wildman–Crippen LogP) is 3.08. The number of pyridine rings is 1. The number of carboxylic acids is 1. The highest BCUT2D eigenvalue weighted by atomic mass is 16.5. The summed E-state index contributed by atoms with van der Waals surface area (Å²) in [6, 6.07) is 14.7. The largest absolute Gasteiger partial charge is 0.480 e. The lowest BCUT2D eigenvalue weighted by Crippen LogP contribution is -2.36. The minimum atomic E-state index is -0.824. The number of hydrogen-bond donors (Lipinski definition) is 2. The Balaban J connectivity index is 1.27. The molecule has 11 heteroatoms. The van der Waals surface area contributed by atoms with Crippen LogP contribution in [0.3, 0.4) is 0 Å². The Morgan fingerprint density at radius 3 is 2.80 bits per heavy atom. The summed E-state index contributed by atoms with van der Waals surface area (Å²) in [4.78, 5) is 27.7. The van der Waals surface area contributed by atoms with Crippen LogP contribution in [0.4, 0.5) is 11.8 Å². The Labute approximate surface area is 231 Å². The second-order valence-electron chi connectivity index (χ2n) is 9.87. The molecule has 0 amide bonds. The van der Waals surface area contributed by atoms with Crippen molar-refractivity contribution in [2.75, 3.05) is 30.0 Å². The van der Waals surface area contributed by atoms with Crippen LogP contribution in [0, 0.1) is 12.3 Å². The van der Waals surface area contributed by atoms with Gasteiger partial charge in [-0.15, -0.1) is 11.5 Å². The zero-order chi connectivity index (χ0) is 27.5. The number of benzene rings is 1. The van der Waals surface area contributed by atoms with Crippen molar-refractivity contribution in [2.24, 2.45) is 0 Å². The number of rotatable bonds is 8. The molecular formula is C29H28N8O3. The van der Waals surface area contributed by atoms with E-state index in [1.165, 1.54) is 0 Å². The fourth-order valence-electron chi connectivity index (χ4n) is 5.06. The molecule has 3 aromatic heterocycles. The van der Waals surface area contributed by atoms with Gasteiger partial charge in [0.2, 0.25) is 5.95 Å². The van der Waals surface area contributed by atoms with Crippen molar-refractivity contribution in [1.82, 2.24) is 29.9 Å². The molecule has 0 aliphatic carbocycles. The first-order valence-electron chi connectivity index (χ1n) is 13.2. The van der Waals surface area contributed by atoms with Gasteiger partial charge in [0, 0.05) is 24.3 Å². The summed E-state index contributed by atoms with van der Waals surface area (Å²) in [5.74, 6) is 2.99. The second kappa shape index (κ2) is 11.1. The van der Waals surface area contributed by atoms with Gasteiger partial charge in [-0.3, -0.25) is 0 Å². The number of carbonyl (C=O) groups is 1. The summed E-state index contributed by atoms with van der Waals surface area (Å²) >= 11 is 0. The number of ether oxygens (including phenoxy) is 1. The van der Waals surface area contributed by atoms with Crippen molar-refractivity contribution in [3.05, 3.63) is 66.0 Å². The van der Waals surface area contributed by atoms with Crippen molar-refractivity contribution in [2.45, 2.75) is 37.9 Å². The van der Waals surface area contributed by atoms with Crippen molar-refractivity contribution < 1.29 is 14.6 Å². The number of anilines is 2. The molecule has 6 rings (SSSR count). The normalized spacial score (nSPS) is 18.5. The maximum Gasteiger partial charge on any atom is 0.326 e. The number of aliphatic carboxylic acids is 1. The fourth-order valence-corrected chi connectivity index (χ4v) is 5.06. The number of carboxylic acid groups (broad SMARTS) is 1. The van der Waals surface area contributed by atoms with Crippen LogP contribution in [0.5, 0.6) is 0 Å². The summed E-state index contributed by atoms with van der Waals surface area (Å²) in [6.45, 7) is 2.35. The Morgan fingerprint density at radius 2 is 1.98 bits per heavy atom. The number of hydrogen-bond acceptors (Lipinski definition) is 9.